The number of hydrogen-bond acceptors (Lipinski definition) is 8. The number of nitrogens with one attached hydrogen (secondary N) is 5. The van der Waals surface area contributed by atoms with Gasteiger partial charge in [0.05, 0.1) is 25.9 Å². The molecule has 50 heavy (non-hydrogen) atoms. The minimum Gasteiger partial charge on any atom is -0.453 e. The second-order valence-electron chi connectivity index (χ2n) is 11.8. The zero-order chi connectivity index (χ0) is 35.3. The van der Waals surface area contributed by atoms with E-state index in [1.54, 1.807) is 18.2 Å². The zero-order valence-electron chi connectivity index (χ0n) is 27.5. The van der Waals surface area contributed by atoms with Gasteiger partial charge < -0.3 is 40.5 Å². The van der Waals surface area contributed by atoms with Gasteiger partial charge in [0, 0.05) is 25.2 Å². The molecule has 262 valence electrons. The number of amides is 3. The predicted molar refractivity (Wildman–Crippen MR) is 184 cm³/mol. The molecule has 5 rings (SSSR count). The first-order valence-corrected chi connectivity index (χ1v) is 16.3. The fourth-order valence-corrected chi connectivity index (χ4v) is 5.73. The fourth-order valence-electron chi connectivity index (χ4n) is 5.73. The van der Waals surface area contributed by atoms with Gasteiger partial charge in [-0.1, -0.05) is 72.8 Å². The molecule has 5 N–H and O–H groups in total. The number of methoxy groups -OCH3 is 1. The minimum atomic E-state index is -1.13. The van der Waals surface area contributed by atoms with Gasteiger partial charge in [0.1, 0.15) is 24.2 Å². The van der Waals surface area contributed by atoms with Crippen LogP contribution in [0.5, 0.6) is 0 Å². The standard InChI is InChI=1S/C37H40FN5O7/c1-48-37(47)43-33(31(25-8-4-2-5-9-25)26-10-6-3-7-11-26)35(45)42-32-27(18-19-39-34(32)44)14-17-30-21-40-29(22-49-30)23-50-36(46)41-20-24-12-15-28(38)16-13-24/h2-13,15-16,18-19,29-31,33,40H,14,17,20-23H2,1H3,(H,39,44)(H,41,46)(H,42,45)(H,43,47)/t29-,30+,33-/m0/s1. The fraction of sp³-hybridized carbons (Fsp3) is 0.297. The van der Waals surface area contributed by atoms with Crippen molar-refractivity contribution in [1.29, 1.82) is 0 Å². The zero-order valence-corrected chi connectivity index (χ0v) is 27.5. The summed E-state index contributed by atoms with van der Waals surface area (Å²) in [5.74, 6) is -1.54. The Labute approximate surface area is 288 Å². The Morgan fingerprint density at radius 3 is 2.24 bits per heavy atom. The number of rotatable bonds is 13. The molecule has 0 bridgehead atoms. The van der Waals surface area contributed by atoms with Gasteiger partial charge in [0.2, 0.25) is 5.91 Å². The molecule has 0 spiro atoms. The maximum Gasteiger partial charge on any atom is 0.407 e. The molecule has 3 amide bonds. The van der Waals surface area contributed by atoms with Gasteiger partial charge in [0.25, 0.3) is 5.56 Å². The molecule has 0 unspecified atom stereocenters. The van der Waals surface area contributed by atoms with Gasteiger partial charge in [0.15, 0.2) is 0 Å². The van der Waals surface area contributed by atoms with Crippen LogP contribution in [0.1, 0.15) is 34.6 Å². The summed E-state index contributed by atoms with van der Waals surface area (Å²) in [5, 5.41) is 11.4. The van der Waals surface area contributed by atoms with Crippen molar-refractivity contribution in [2.75, 3.05) is 32.2 Å². The van der Waals surface area contributed by atoms with Crippen LogP contribution in [0.15, 0.2) is 102 Å². The number of alkyl carbamates (subject to hydrolysis) is 2. The molecular formula is C37H40FN5O7. The van der Waals surface area contributed by atoms with Crippen LogP contribution in [-0.4, -0.2) is 68.1 Å². The largest absolute Gasteiger partial charge is 0.453 e. The van der Waals surface area contributed by atoms with Crippen LogP contribution in [-0.2, 0) is 32.0 Å². The molecule has 1 saturated heterocycles. The monoisotopic (exact) mass is 685 g/mol. The Kier molecular flexibility index (Phi) is 12.7. The Balaban J connectivity index is 1.18. The second-order valence-corrected chi connectivity index (χ2v) is 11.8. The van der Waals surface area contributed by atoms with E-state index in [1.165, 1.54) is 25.4 Å². The number of ether oxygens (including phenoxy) is 3. The van der Waals surface area contributed by atoms with Crippen molar-refractivity contribution in [2.24, 2.45) is 0 Å². The van der Waals surface area contributed by atoms with E-state index in [0.717, 1.165) is 16.7 Å². The maximum atomic E-state index is 14.0. The summed E-state index contributed by atoms with van der Waals surface area (Å²) in [4.78, 5) is 54.3. The highest BCUT2D eigenvalue weighted by molar-refractivity contribution is 5.98. The Bertz CT molecular complexity index is 1730. The number of anilines is 1. The topological polar surface area (TPSA) is 160 Å². The van der Waals surface area contributed by atoms with E-state index in [0.29, 0.717) is 31.6 Å². The van der Waals surface area contributed by atoms with Crippen molar-refractivity contribution in [3.8, 4) is 0 Å². The molecule has 3 atom stereocenters. The molecule has 1 aliphatic heterocycles. The van der Waals surface area contributed by atoms with E-state index in [1.807, 2.05) is 60.7 Å². The average Bonchev–Trinajstić information content (AvgIpc) is 3.15. The lowest BCUT2D eigenvalue weighted by atomic mass is 9.84. The summed E-state index contributed by atoms with van der Waals surface area (Å²) in [7, 11) is 1.22. The SMILES string of the molecule is COC(=O)N[C@H](C(=O)Nc1c(CC[C@@H]2CN[C@H](COC(=O)NCc3ccc(F)cc3)CO2)cc[nH]c1=O)C(c1ccccc1)c1ccccc1. The van der Waals surface area contributed by atoms with E-state index in [-0.39, 0.29) is 36.8 Å². The lowest BCUT2D eigenvalue weighted by Gasteiger charge is -2.30. The number of hydrogen-bond donors (Lipinski definition) is 5. The number of aromatic amines is 1. The Morgan fingerprint density at radius 2 is 1.62 bits per heavy atom. The Morgan fingerprint density at radius 1 is 0.940 bits per heavy atom. The molecule has 4 aromatic rings. The van der Waals surface area contributed by atoms with Gasteiger partial charge in [-0.15, -0.1) is 0 Å². The summed E-state index contributed by atoms with van der Waals surface area (Å²) < 4.78 is 29.3. The lowest BCUT2D eigenvalue weighted by Crippen LogP contribution is -2.49. The maximum absolute atomic E-state index is 14.0. The molecule has 13 heteroatoms. The van der Waals surface area contributed by atoms with Crippen molar-refractivity contribution >= 4 is 23.8 Å². The van der Waals surface area contributed by atoms with Gasteiger partial charge in [-0.25, -0.2) is 14.0 Å². The third kappa shape index (κ3) is 10.00. The van der Waals surface area contributed by atoms with E-state index in [9.17, 15) is 23.6 Å². The Hall–Kier alpha value is -5.53. The first-order valence-electron chi connectivity index (χ1n) is 16.3. The van der Waals surface area contributed by atoms with E-state index in [4.69, 9.17) is 14.2 Å². The van der Waals surface area contributed by atoms with Crippen LogP contribution in [0.4, 0.5) is 19.7 Å². The van der Waals surface area contributed by atoms with Crippen molar-refractivity contribution in [2.45, 2.75) is 43.5 Å². The van der Waals surface area contributed by atoms with Gasteiger partial charge in [-0.05, 0) is 53.3 Å². The highest BCUT2D eigenvalue weighted by atomic mass is 19.1. The number of benzene rings is 3. The number of H-pyrrole nitrogens is 1. The summed E-state index contributed by atoms with van der Waals surface area (Å²) in [6.45, 7) is 1.09. The van der Waals surface area contributed by atoms with Crippen LogP contribution < -0.4 is 26.8 Å². The third-order valence-corrected chi connectivity index (χ3v) is 8.36. The lowest BCUT2D eigenvalue weighted by molar-refractivity contribution is -0.118. The van der Waals surface area contributed by atoms with E-state index < -0.39 is 35.6 Å². The quantitative estimate of drug-likeness (QED) is 0.140. The molecule has 0 saturated carbocycles. The summed E-state index contributed by atoms with van der Waals surface area (Å²) in [6.07, 6.45) is 0.879. The van der Waals surface area contributed by atoms with Crippen molar-refractivity contribution in [3.63, 3.8) is 0 Å². The number of carbonyl (C=O) groups is 3. The number of carbonyl (C=O) groups excluding carboxylic acids is 3. The normalized spacial score (nSPS) is 16.2. The van der Waals surface area contributed by atoms with Crippen LogP contribution >= 0.6 is 0 Å². The number of halogens is 1. The average molecular weight is 686 g/mol. The molecule has 12 nitrogen and oxygen atoms in total. The summed E-state index contributed by atoms with van der Waals surface area (Å²) >= 11 is 0. The van der Waals surface area contributed by atoms with Crippen molar-refractivity contribution < 1.29 is 33.0 Å². The minimum absolute atomic E-state index is 0.0794. The second kappa shape index (κ2) is 17.7. The van der Waals surface area contributed by atoms with Gasteiger partial charge in [-0.3, -0.25) is 9.59 Å². The number of aromatic nitrogens is 1. The first-order chi connectivity index (χ1) is 24.3. The molecule has 1 aromatic heterocycles. The van der Waals surface area contributed by atoms with Gasteiger partial charge in [-0.2, -0.15) is 0 Å². The smallest absolute Gasteiger partial charge is 0.407 e. The van der Waals surface area contributed by atoms with Crippen molar-refractivity contribution in [1.82, 2.24) is 20.9 Å². The van der Waals surface area contributed by atoms with E-state index >= 15 is 0 Å². The summed E-state index contributed by atoms with van der Waals surface area (Å²) in [5.41, 5.74) is 2.51. The number of pyridine rings is 1. The molecule has 1 aliphatic rings. The van der Waals surface area contributed by atoms with Crippen molar-refractivity contribution in [3.05, 3.63) is 136 Å². The van der Waals surface area contributed by atoms with Gasteiger partial charge >= 0.3 is 12.2 Å². The van der Waals surface area contributed by atoms with E-state index in [2.05, 4.69) is 26.3 Å². The summed E-state index contributed by atoms with van der Waals surface area (Å²) in [6, 6.07) is 24.8. The van der Waals surface area contributed by atoms with Crippen LogP contribution in [0, 0.1) is 5.82 Å². The number of aryl methyl sites for hydroxylation is 1. The van der Waals surface area contributed by atoms with Crippen LogP contribution in [0.2, 0.25) is 0 Å². The molecule has 0 radical (unpaired) electrons. The highest BCUT2D eigenvalue weighted by Crippen LogP contribution is 2.29. The first kappa shape index (κ1) is 35.8. The van der Waals surface area contributed by atoms with Crippen LogP contribution in [0.3, 0.4) is 0 Å². The predicted octanol–water partition coefficient (Wildman–Crippen LogP) is 4.23. The molecular weight excluding hydrogens is 645 g/mol. The number of morpholine rings is 1. The van der Waals surface area contributed by atoms with Crippen LogP contribution in [0.25, 0.3) is 0 Å². The molecule has 1 fully saturated rings. The third-order valence-electron chi connectivity index (χ3n) is 8.36. The highest BCUT2D eigenvalue weighted by Gasteiger charge is 2.34. The molecule has 0 aliphatic carbocycles. The molecule has 3 aromatic carbocycles. The molecule has 2 heterocycles.